The summed E-state index contributed by atoms with van der Waals surface area (Å²) < 4.78 is 16.6. The molecule has 8 nitrogen and oxygen atoms in total. The van der Waals surface area contributed by atoms with Crippen molar-refractivity contribution in [2.24, 2.45) is 5.92 Å². The van der Waals surface area contributed by atoms with Crippen molar-refractivity contribution in [2.75, 3.05) is 7.11 Å². The number of methoxy groups -OCH3 is 1. The Balaban J connectivity index is 1.96. The predicted molar refractivity (Wildman–Crippen MR) is 115 cm³/mol. The van der Waals surface area contributed by atoms with Gasteiger partial charge in [-0.1, -0.05) is 32.4 Å². The van der Waals surface area contributed by atoms with Gasteiger partial charge in [0.25, 0.3) is 0 Å². The molecule has 3 rings (SSSR count). The number of hydrogen-bond acceptors (Lipinski definition) is 7. The summed E-state index contributed by atoms with van der Waals surface area (Å²) in [6.45, 7) is 3.75. The third kappa shape index (κ3) is 4.64. The third-order valence-corrected chi connectivity index (χ3v) is 5.25. The molecule has 0 aliphatic carbocycles. The van der Waals surface area contributed by atoms with Gasteiger partial charge in [-0.3, -0.25) is 14.9 Å². The van der Waals surface area contributed by atoms with Gasteiger partial charge >= 0.3 is 5.97 Å². The molecule has 0 saturated carbocycles. The summed E-state index contributed by atoms with van der Waals surface area (Å²) in [5.74, 6) is -0.428. The fourth-order valence-corrected chi connectivity index (χ4v) is 3.27. The first kappa shape index (κ1) is 22.2. The summed E-state index contributed by atoms with van der Waals surface area (Å²) >= 11 is 0. The second-order valence-corrected chi connectivity index (χ2v) is 7.20. The summed E-state index contributed by atoms with van der Waals surface area (Å²) in [6.07, 6.45) is 1.84. The quantitative estimate of drug-likeness (QED) is 0.471. The van der Waals surface area contributed by atoms with Crippen LogP contribution in [-0.2, 0) is 11.3 Å². The van der Waals surface area contributed by atoms with E-state index in [4.69, 9.17) is 13.9 Å². The van der Waals surface area contributed by atoms with Crippen LogP contribution in [0.4, 0.5) is 0 Å². The van der Waals surface area contributed by atoms with E-state index in [0.717, 1.165) is 0 Å². The van der Waals surface area contributed by atoms with Crippen LogP contribution in [-0.4, -0.2) is 29.3 Å². The van der Waals surface area contributed by atoms with Crippen molar-refractivity contribution in [3.8, 4) is 23.0 Å². The van der Waals surface area contributed by atoms with Crippen molar-refractivity contribution in [3.63, 3.8) is 0 Å². The number of carboxylic acids is 1. The van der Waals surface area contributed by atoms with Gasteiger partial charge in [-0.15, -0.1) is 0 Å². The lowest BCUT2D eigenvalue weighted by Crippen LogP contribution is -2.41. The van der Waals surface area contributed by atoms with E-state index >= 15 is 0 Å². The van der Waals surface area contributed by atoms with E-state index in [9.17, 15) is 19.8 Å². The molecule has 1 aromatic heterocycles. The van der Waals surface area contributed by atoms with Gasteiger partial charge in [0.1, 0.15) is 23.6 Å². The third-order valence-electron chi connectivity index (χ3n) is 5.25. The molecule has 164 valence electrons. The van der Waals surface area contributed by atoms with Gasteiger partial charge in [0.15, 0.2) is 11.5 Å². The van der Waals surface area contributed by atoms with Gasteiger partial charge in [-0.05, 0) is 30.2 Å². The minimum Gasteiger partial charge on any atom is -0.507 e. The molecule has 8 heteroatoms. The van der Waals surface area contributed by atoms with E-state index in [1.165, 1.54) is 25.5 Å². The highest BCUT2D eigenvalue weighted by atomic mass is 16.5. The minimum absolute atomic E-state index is 0.0140. The molecule has 1 heterocycles. The summed E-state index contributed by atoms with van der Waals surface area (Å²) in [4.78, 5) is 24.5. The van der Waals surface area contributed by atoms with E-state index in [1.807, 2.05) is 13.8 Å². The van der Waals surface area contributed by atoms with Crippen molar-refractivity contribution in [1.82, 2.24) is 5.32 Å². The van der Waals surface area contributed by atoms with Crippen molar-refractivity contribution < 1.29 is 28.9 Å². The van der Waals surface area contributed by atoms with E-state index in [1.54, 1.807) is 24.3 Å². The topological polar surface area (TPSA) is 118 Å². The van der Waals surface area contributed by atoms with E-state index < -0.39 is 17.4 Å². The van der Waals surface area contributed by atoms with Crippen LogP contribution in [0, 0.1) is 5.92 Å². The molecule has 0 saturated heterocycles. The Morgan fingerprint density at radius 3 is 2.52 bits per heavy atom. The van der Waals surface area contributed by atoms with E-state index in [-0.39, 0.29) is 34.9 Å². The van der Waals surface area contributed by atoms with Crippen LogP contribution >= 0.6 is 0 Å². The molecule has 0 aliphatic rings. The number of carboxylic acid groups (broad SMARTS) is 1. The zero-order valence-electron chi connectivity index (χ0n) is 17.5. The zero-order valence-corrected chi connectivity index (χ0v) is 17.5. The van der Waals surface area contributed by atoms with Crippen LogP contribution in [0.5, 0.6) is 23.0 Å². The van der Waals surface area contributed by atoms with Gasteiger partial charge in [-0.2, -0.15) is 0 Å². The zero-order chi connectivity index (χ0) is 22.5. The Labute approximate surface area is 179 Å². The Kier molecular flexibility index (Phi) is 6.81. The lowest BCUT2D eigenvalue weighted by molar-refractivity contribution is -0.140. The highest BCUT2D eigenvalue weighted by Gasteiger charge is 2.24. The molecule has 3 N–H and O–H groups in total. The van der Waals surface area contributed by atoms with Crippen LogP contribution in [0.2, 0.25) is 0 Å². The number of benzene rings is 2. The average molecular weight is 427 g/mol. The number of nitrogens with one attached hydrogen (secondary N) is 1. The number of hydrogen-bond donors (Lipinski definition) is 3. The number of aromatic hydroxyl groups is 1. The summed E-state index contributed by atoms with van der Waals surface area (Å²) in [6, 6.07) is 8.91. The highest BCUT2D eigenvalue weighted by molar-refractivity contribution is 5.83. The van der Waals surface area contributed by atoms with Gasteiger partial charge in [0.05, 0.1) is 18.1 Å². The highest BCUT2D eigenvalue weighted by Crippen LogP contribution is 2.32. The molecule has 0 fully saturated rings. The molecule has 0 amide bonds. The number of ether oxygens (including phenoxy) is 2. The molecule has 2 atom stereocenters. The first-order valence-corrected chi connectivity index (χ1v) is 9.90. The number of rotatable bonds is 9. The largest absolute Gasteiger partial charge is 0.507 e. The molecule has 2 aromatic carbocycles. The van der Waals surface area contributed by atoms with Crippen LogP contribution in [0.15, 0.2) is 51.9 Å². The maximum Gasteiger partial charge on any atom is 0.320 e. The fourth-order valence-electron chi connectivity index (χ4n) is 3.27. The number of phenols is 1. The number of carbonyl (C=O) groups is 1. The molecule has 3 aromatic rings. The Morgan fingerprint density at radius 1 is 1.16 bits per heavy atom. The summed E-state index contributed by atoms with van der Waals surface area (Å²) in [5, 5.41) is 22.9. The lowest BCUT2D eigenvalue weighted by atomic mass is 9.99. The SMILES string of the molecule is CCC(C)C(NCc1c(O)ccc2c(=O)c(Oc3ccccc3OC)coc12)C(=O)O. The maximum absolute atomic E-state index is 13.0. The smallest absolute Gasteiger partial charge is 0.320 e. The molecular formula is C23H25NO7. The molecular weight excluding hydrogens is 402 g/mol. The van der Waals surface area contributed by atoms with Gasteiger partial charge in [0.2, 0.25) is 11.2 Å². The number of fused-ring (bicyclic) bond motifs is 1. The normalized spacial score (nSPS) is 13.0. The standard InChI is InChI=1S/C23H25NO7/c1-4-13(2)20(23(27)28)24-11-15-16(25)10-9-14-21(26)19(12-30-22(14)15)31-18-8-6-5-7-17(18)29-3/h5-10,12-13,20,24-25H,4,11H2,1-3H3,(H,27,28). The van der Waals surface area contributed by atoms with Gasteiger partial charge < -0.3 is 24.1 Å². The van der Waals surface area contributed by atoms with Crippen LogP contribution in [0.25, 0.3) is 11.0 Å². The Morgan fingerprint density at radius 2 is 1.87 bits per heavy atom. The lowest BCUT2D eigenvalue weighted by Gasteiger charge is -2.20. The number of phenolic OH excluding ortho intramolecular Hbond substituents is 1. The molecule has 31 heavy (non-hydrogen) atoms. The fraction of sp³-hybridized carbons (Fsp3) is 0.304. The monoisotopic (exact) mass is 427 g/mol. The van der Waals surface area contributed by atoms with Gasteiger partial charge in [0, 0.05) is 6.54 Å². The molecule has 0 radical (unpaired) electrons. The van der Waals surface area contributed by atoms with Crippen LogP contribution in [0.3, 0.4) is 0 Å². The molecule has 0 bridgehead atoms. The maximum atomic E-state index is 13.0. The summed E-state index contributed by atoms with van der Waals surface area (Å²) in [5.41, 5.74) is 0.0382. The number of aliphatic carboxylic acids is 1. The average Bonchev–Trinajstić information content (AvgIpc) is 2.76. The van der Waals surface area contributed by atoms with Gasteiger partial charge in [-0.25, -0.2) is 0 Å². The van der Waals surface area contributed by atoms with Crippen LogP contribution in [0.1, 0.15) is 25.8 Å². The minimum atomic E-state index is -0.983. The van der Waals surface area contributed by atoms with Crippen molar-refractivity contribution >= 4 is 16.9 Å². The first-order valence-electron chi connectivity index (χ1n) is 9.90. The number of para-hydroxylation sites is 2. The van der Waals surface area contributed by atoms with Crippen molar-refractivity contribution in [2.45, 2.75) is 32.9 Å². The molecule has 0 aliphatic heterocycles. The predicted octanol–water partition coefficient (Wildman–Crippen LogP) is 3.89. The summed E-state index contributed by atoms with van der Waals surface area (Å²) in [7, 11) is 1.50. The van der Waals surface area contributed by atoms with Crippen molar-refractivity contribution in [3.05, 3.63) is 58.4 Å². The van der Waals surface area contributed by atoms with Crippen molar-refractivity contribution in [1.29, 1.82) is 0 Å². The Bertz CT molecular complexity index is 1140. The first-order chi connectivity index (χ1) is 14.9. The van der Waals surface area contributed by atoms with E-state index in [0.29, 0.717) is 23.5 Å². The Hall–Kier alpha value is -3.52. The molecule has 2 unspecified atom stereocenters. The second-order valence-electron chi connectivity index (χ2n) is 7.20. The second kappa shape index (κ2) is 9.53. The van der Waals surface area contributed by atoms with Crippen LogP contribution < -0.4 is 20.2 Å². The molecule has 0 spiro atoms. The van der Waals surface area contributed by atoms with E-state index in [2.05, 4.69) is 5.32 Å².